The lowest BCUT2D eigenvalue weighted by atomic mass is 10.0. The van der Waals surface area contributed by atoms with Crippen LogP contribution < -0.4 is 5.73 Å². The summed E-state index contributed by atoms with van der Waals surface area (Å²) in [7, 11) is -2.28. The van der Waals surface area contributed by atoms with E-state index in [9.17, 15) is 22.4 Å². The van der Waals surface area contributed by atoms with Gasteiger partial charge in [-0.05, 0) is 33.1 Å². The summed E-state index contributed by atoms with van der Waals surface area (Å²) >= 11 is 0. The van der Waals surface area contributed by atoms with Gasteiger partial charge in [-0.15, -0.1) is 0 Å². The van der Waals surface area contributed by atoms with Crippen LogP contribution in [0.4, 0.5) is 4.39 Å². The van der Waals surface area contributed by atoms with E-state index < -0.39 is 50.7 Å². The lowest BCUT2D eigenvalue weighted by Gasteiger charge is -2.35. The molecule has 1 aliphatic carbocycles. The molecule has 30 heavy (non-hydrogen) atoms. The first kappa shape index (κ1) is 22.6. The van der Waals surface area contributed by atoms with Gasteiger partial charge in [0, 0.05) is 25.7 Å². The molecule has 12 heteroatoms. The number of aromatic nitrogens is 2. The number of nitrogens with zero attached hydrogens (tertiary/aromatic N) is 3. The molecule has 3 rings (SSSR count). The Hall–Kier alpha value is -2.05. The fourth-order valence-corrected chi connectivity index (χ4v) is 6.29. The highest BCUT2D eigenvalue weighted by Gasteiger charge is 2.61. The molecule has 1 saturated carbocycles. The van der Waals surface area contributed by atoms with Gasteiger partial charge in [0.15, 0.2) is 15.5 Å². The molecule has 0 saturated heterocycles. The van der Waals surface area contributed by atoms with Crippen molar-refractivity contribution in [1.29, 1.82) is 0 Å². The molecule has 0 bridgehead atoms. The number of aryl methyl sites for hydroxylation is 1. The molecule has 3 N–H and O–H groups in total. The number of nitrogens with two attached hydrogens (primary N) is 1. The molecular formula is C18H27FN4O6S. The predicted molar refractivity (Wildman–Crippen MR) is 104 cm³/mol. The van der Waals surface area contributed by atoms with Crippen LogP contribution in [0, 0.1) is 0 Å². The Morgan fingerprint density at radius 1 is 1.43 bits per heavy atom. The number of amides is 2. The Balaban J connectivity index is 1.81. The van der Waals surface area contributed by atoms with Gasteiger partial charge in [0.2, 0.25) is 6.36 Å². The maximum absolute atomic E-state index is 13.3. The molecule has 0 radical (unpaired) electrons. The summed E-state index contributed by atoms with van der Waals surface area (Å²) in [6.45, 7) is 1.85. The summed E-state index contributed by atoms with van der Waals surface area (Å²) in [6, 6.07) is 0. The average molecular weight is 447 g/mol. The number of hydrogen-bond donors (Lipinski definition) is 2. The minimum Gasteiger partial charge on any atom is -0.391 e. The standard InChI is InChI=1S/C18H27FN4O6S/c1-17(2,10-29-12(19)8-24)30(27,28)18(5-6-18)9-23-7-4-11-13(15(20)25)21-22(3)14(11)16(23)26/h12,24H,4-10H2,1-3H3,(H2,20,25). The summed E-state index contributed by atoms with van der Waals surface area (Å²) in [4.78, 5) is 26.1. The van der Waals surface area contributed by atoms with E-state index in [-0.39, 0.29) is 24.5 Å². The Morgan fingerprint density at radius 3 is 2.60 bits per heavy atom. The van der Waals surface area contributed by atoms with E-state index >= 15 is 0 Å². The number of primary amides is 1. The quantitative estimate of drug-likeness (QED) is 0.522. The van der Waals surface area contributed by atoms with Crippen molar-refractivity contribution in [3.63, 3.8) is 0 Å². The van der Waals surface area contributed by atoms with Gasteiger partial charge in [0.25, 0.3) is 11.8 Å². The van der Waals surface area contributed by atoms with Crippen LogP contribution in [0.15, 0.2) is 0 Å². The number of carbonyl (C=O) groups excluding carboxylic acids is 2. The number of carbonyl (C=O) groups is 2. The second-order valence-electron chi connectivity index (χ2n) is 8.49. The number of hydrogen-bond acceptors (Lipinski definition) is 7. The largest absolute Gasteiger partial charge is 0.391 e. The highest BCUT2D eigenvalue weighted by Crippen LogP contribution is 2.49. The van der Waals surface area contributed by atoms with Crippen LogP contribution >= 0.6 is 0 Å². The van der Waals surface area contributed by atoms with Crippen molar-refractivity contribution in [3.8, 4) is 0 Å². The van der Waals surface area contributed by atoms with E-state index in [4.69, 9.17) is 15.6 Å². The topological polar surface area (TPSA) is 145 Å². The maximum atomic E-state index is 13.3. The van der Waals surface area contributed by atoms with Crippen LogP contribution in [0.25, 0.3) is 0 Å². The third-order valence-corrected chi connectivity index (χ3v) is 9.09. The first-order chi connectivity index (χ1) is 13.9. The average Bonchev–Trinajstić information content (AvgIpc) is 3.38. The second-order valence-corrected chi connectivity index (χ2v) is 11.5. The zero-order chi connectivity index (χ0) is 22.5. The van der Waals surface area contributed by atoms with E-state index in [0.29, 0.717) is 24.8 Å². The van der Waals surface area contributed by atoms with Crippen LogP contribution in [-0.2, 0) is 28.0 Å². The number of ether oxygens (including phenoxy) is 1. The van der Waals surface area contributed by atoms with Crippen LogP contribution in [0.5, 0.6) is 0 Å². The first-order valence-corrected chi connectivity index (χ1v) is 11.1. The van der Waals surface area contributed by atoms with Crippen LogP contribution in [0.3, 0.4) is 0 Å². The molecule has 0 spiro atoms. The molecule has 2 aliphatic rings. The fraction of sp³-hybridized carbons (Fsp3) is 0.722. The normalized spacial score (nSPS) is 19.5. The molecule has 168 valence electrons. The Labute approximate surface area is 174 Å². The number of rotatable bonds is 9. The molecule has 1 unspecified atom stereocenters. The van der Waals surface area contributed by atoms with E-state index in [1.54, 1.807) is 0 Å². The Kier molecular flexibility index (Phi) is 5.71. The highest BCUT2D eigenvalue weighted by molar-refractivity contribution is 7.94. The van der Waals surface area contributed by atoms with Gasteiger partial charge in [0.1, 0.15) is 5.69 Å². The molecule has 1 aliphatic heterocycles. The summed E-state index contributed by atoms with van der Waals surface area (Å²) in [5.74, 6) is -1.12. The van der Waals surface area contributed by atoms with Crippen LogP contribution in [0.1, 0.15) is 53.2 Å². The van der Waals surface area contributed by atoms with Crippen LogP contribution in [0.2, 0.25) is 0 Å². The van der Waals surface area contributed by atoms with Crippen molar-refractivity contribution < 1.29 is 32.2 Å². The summed E-state index contributed by atoms with van der Waals surface area (Å²) in [6.07, 6.45) is -0.852. The lowest BCUT2D eigenvalue weighted by Crippen LogP contribution is -2.52. The summed E-state index contributed by atoms with van der Waals surface area (Å²) in [5, 5.41) is 12.8. The van der Waals surface area contributed by atoms with Crippen molar-refractivity contribution >= 4 is 21.7 Å². The van der Waals surface area contributed by atoms with E-state index in [2.05, 4.69) is 5.10 Å². The molecule has 10 nitrogen and oxygen atoms in total. The molecule has 0 aromatic carbocycles. The van der Waals surface area contributed by atoms with Crippen molar-refractivity contribution in [2.45, 2.75) is 49.0 Å². The number of aliphatic hydroxyl groups is 1. The minimum atomic E-state index is -3.81. The van der Waals surface area contributed by atoms with Crippen molar-refractivity contribution in [2.24, 2.45) is 12.8 Å². The van der Waals surface area contributed by atoms with Gasteiger partial charge >= 0.3 is 0 Å². The molecule has 1 atom stereocenters. The van der Waals surface area contributed by atoms with Gasteiger partial charge in [-0.25, -0.2) is 12.8 Å². The third kappa shape index (κ3) is 3.60. The van der Waals surface area contributed by atoms with E-state index in [1.165, 1.54) is 30.5 Å². The van der Waals surface area contributed by atoms with Crippen molar-refractivity contribution in [1.82, 2.24) is 14.7 Å². The van der Waals surface area contributed by atoms with Gasteiger partial charge in [-0.1, -0.05) is 0 Å². The number of alkyl halides is 1. The van der Waals surface area contributed by atoms with Gasteiger partial charge in [0.05, 0.1) is 22.7 Å². The zero-order valence-electron chi connectivity index (χ0n) is 17.2. The van der Waals surface area contributed by atoms with E-state index in [1.807, 2.05) is 0 Å². The highest BCUT2D eigenvalue weighted by atomic mass is 32.2. The lowest BCUT2D eigenvalue weighted by molar-refractivity contribution is -0.0752. The molecule has 1 aromatic rings. The summed E-state index contributed by atoms with van der Waals surface area (Å²) in [5.41, 5.74) is 6.10. The SMILES string of the molecule is Cn1nc(C(N)=O)c2c1C(=O)N(CC1(S(=O)(=O)C(C)(C)COC(F)CO)CC1)CC2. The molecular weight excluding hydrogens is 419 g/mol. The molecule has 1 aromatic heterocycles. The second kappa shape index (κ2) is 7.57. The Morgan fingerprint density at radius 2 is 2.07 bits per heavy atom. The number of halogens is 1. The first-order valence-electron chi connectivity index (χ1n) is 9.62. The minimum absolute atomic E-state index is 0.00677. The fourth-order valence-electron chi connectivity index (χ4n) is 3.93. The maximum Gasteiger partial charge on any atom is 0.272 e. The monoisotopic (exact) mass is 446 g/mol. The van der Waals surface area contributed by atoms with Crippen LogP contribution in [-0.4, -0.2) is 82.2 Å². The van der Waals surface area contributed by atoms with Crippen molar-refractivity contribution in [3.05, 3.63) is 17.0 Å². The smallest absolute Gasteiger partial charge is 0.272 e. The molecule has 2 heterocycles. The summed E-state index contributed by atoms with van der Waals surface area (Å²) < 4.78 is 43.5. The zero-order valence-corrected chi connectivity index (χ0v) is 18.0. The van der Waals surface area contributed by atoms with E-state index in [0.717, 1.165) is 0 Å². The predicted octanol–water partition coefficient (Wildman–Crippen LogP) is -0.452. The molecule has 1 fully saturated rings. The van der Waals surface area contributed by atoms with Crippen molar-refractivity contribution in [2.75, 3.05) is 26.3 Å². The number of fused-ring (bicyclic) bond motifs is 1. The number of aliphatic hydroxyl groups excluding tert-OH is 1. The number of sulfone groups is 1. The Bertz CT molecular complexity index is 970. The van der Waals surface area contributed by atoms with Gasteiger partial charge in [-0.2, -0.15) is 5.10 Å². The van der Waals surface area contributed by atoms with Gasteiger partial charge in [-0.3, -0.25) is 14.3 Å². The molecule has 2 amide bonds. The third-order valence-electron chi connectivity index (χ3n) is 5.84. The van der Waals surface area contributed by atoms with Gasteiger partial charge < -0.3 is 20.5 Å².